The molecule has 2 aromatic carbocycles. The highest BCUT2D eigenvalue weighted by atomic mass is 16.5. The highest BCUT2D eigenvalue weighted by Gasteiger charge is 1.99. The summed E-state index contributed by atoms with van der Waals surface area (Å²) < 4.78 is 5.07. The van der Waals surface area contributed by atoms with Crippen LogP contribution in [0, 0.1) is 0 Å². The molecule has 2 nitrogen and oxygen atoms in total. The molecule has 64 valence electrons. The second-order valence-corrected chi connectivity index (χ2v) is 2.75. The van der Waals surface area contributed by atoms with Gasteiger partial charge in [0.2, 0.25) is 0 Å². The van der Waals surface area contributed by atoms with E-state index in [1.54, 1.807) is 0 Å². The van der Waals surface area contributed by atoms with Gasteiger partial charge in [-0.25, -0.2) is 0 Å². The first kappa shape index (κ1) is 8.14. The van der Waals surface area contributed by atoms with Crippen molar-refractivity contribution in [2.45, 2.75) is 0 Å². The van der Waals surface area contributed by atoms with Crippen LogP contribution in [0.2, 0.25) is 0 Å². The van der Waals surface area contributed by atoms with E-state index in [9.17, 15) is 0 Å². The summed E-state index contributed by atoms with van der Waals surface area (Å²) >= 11 is 0. The van der Waals surface area contributed by atoms with Crippen LogP contribution in [0.5, 0.6) is 5.75 Å². The fourth-order valence-electron chi connectivity index (χ4n) is 1.39. The van der Waals surface area contributed by atoms with Gasteiger partial charge in [0.05, 0.1) is 0 Å². The number of hydrogen-bond acceptors (Lipinski definition) is 2. The van der Waals surface area contributed by atoms with Crippen LogP contribution in [0.4, 0.5) is 0 Å². The van der Waals surface area contributed by atoms with Gasteiger partial charge < -0.3 is 9.68 Å². The predicted molar refractivity (Wildman–Crippen MR) is 53.9 cm³/mol. The molecule has 0 spiro atoms. The van der Waals surface area contributed by atoms with Gasteiger partial charge in [-0.15, -0.1) is 0 Å². The predicted octanol–water partition coefficient (Wildman–Crippen LogP) is 1.48. The van der Waals surface area contributed by atoms with Gasteiger partial charge in [-0.3, -0.25) is 0 Å². The first-order valence-corrected chi connectivity index (χ1v) is 4.13. The van der Waals surface area contributed by atoms with Crippen LogP contribution in [0.1, 0.15) is 0 Å². The standard InChI is InChI=1S/C10H9BO2/c12-11-13-10-7-3-5-8-4-1-2-6-9(8)10/h1-7,11-12H. The fourth-order valence-corrected chi connectivity index (χ4v) is 1.39. The van der Waals surface area contributed by atoms with E-state index in [4.69, 9.17) is 9.68 Å². The summed E-state index contributed by atoms with van der Waals surface area (Å²) in [6, 6.07) is 13.7. The monoisotopic (exact) mass is 172 g/mol. The lowest BCUT2D eigenvalue weighted by Gasteiger charge is -2.05. The Morgan fingerprint density at radius 3 is 2.62 bits per heavy atom. The molecule has 0 atom stereocenters. The number of benzene rings is 2. The summed E-state index contributed by atoms with van der Waals surface area (Å²) in [5, 5.41) is 10.8. The van der Waals surface area contributed by atoms with Gasteiger partial charge in [-0.2, -0.15) is 0 Å². The summed E-state index contributed by atoms with van der Waals surface area (Å²) in [5.74, 6) is 0.723. The molecule has 3 heteroatoms. The molecular formula is C10H9BO2. The zero-order chi connectivity index (χ0) is 9.10. The Morgan fingerprint density at radius 2 is 1.77 bits per heavy atom. The first-order valence-electron chi connectivity index (χ1n) is 4.13. The van der Waals surface area contributed by atoms with Gasteiger partial charge in [0, 0.05) is 5.39 Å². The molecule has 0 radical (unpaired) electrons. The van der Waals surface area contributed by atoms with E-state index in [-0.39, 0.29) is 7.69 Å². The van der Waals surface area contributed by atoms with Gasteiger partial charge in [-0.1, -0.05) is 36.4 Å². The van der Waals surface area contributed by atoms with Crippen molar-refractivity contribution in [3.05, 3.63) is 42.5 Å². The average Bonchev–Trinajstić information content (AvgIpc) is 2.19. The molecule has 0 aliphatic heterocycles. The average molecular weight is 172 g/mol. The SMILES string of the molecule is OBOc1cccc2ccccc12. The van der Waals surface area contributed by atoms with Crippen molar-refractivity contribution in [3.63, 3.8) is 0 Å². The Morgan fingerprint density at radius 1 is 1.00 bits per heavy atom. The summed E-state index contributed by atoms with van der Waals surface area (Å²) in [4.78, 5) is 0. The van der Waals surface area contributed by atoms with Crippen molar-refractivity contribution >= 4 is 18.5 Å². The van der Waals surface area contributed by atoms with E-state index >= 15 is 0 Å². The molecule has 0 bridgehead atoms. The van der Waals surface area contributed by atoms with Gasteiger partial charge in [-0.05, 0) is 11.5 Å². The maximum atomic E-state index is 8.66. The highest BCUT2D eigenvalue weighted by molar-refractivity contribution is 6.18. The van der Waals surface area contributed by atoms with Crippen LogP contribution >= 0.6 is 0 Å². The third kappa shape index (κ3) is 1.51. The second kappa shape index (κ2) is 3.50. The summed E-state index contributed by atoms with van der Waals surface area (Å²) in [7, 11) is -0.284. The molecule has 0 unspecified atom stereocenters. The topological polar surface area (TPSA) is 29.5 Å². The van der Waals surface area contributed by atoms with Gasteiger partial charge >= 0.3 is 7.69 Å². The lowest BCUT2D eigenvalue weighted by atomic mass is 10.1. The molecule has 0 fully saturated rings. The van der Waals surface area contributed by atoms with Crippen LogP contribution < -0.4 is 4.65 Å². The molecule has 0 aromatic heterocycles. The van der Waals surface area contributed by atoms with Crippen LogP contribution in [0.3, 0.4) is 0 Å². The van der Waals surface area contributed by atoms with E-state index in [0.717, 1.165) is 16.5 Å². The normalized spacial score (nSPS) is 9.92. The Kier molecular flexibility index (Phi) is 2.19. The number of fused-ring (bicyclic) bond motifs is 1. The minimum atomic E-state index is -0.284. The zero-order valence-corrected chi connectivity index (χ0v) is 7.10. The third-order valence-corrected chi connectivity index (χ3v) is 1.97. The van der Waals surface area contributed by atoms with E-state index in [0.29, 0.717) is 0 Å². The van der Waals surface area contributed by atoms with Crippen molar-refractivity contribution in [2.75, 3.05) is 0 Å². The smallest absolute Gasteiger partial charge is 0.504 e. The molecule has 2 rings (SSSR count). The quantitative estimate of drug-likeness (QED) is 0.695. The summed E-state index contributed by atoms with van der Waals surface area (Å²) in [5.41, 5.74) is 0. The van der Waals surface area contributed by atoms with Gasteiger partial charge in [0.25, 0.3) is 0 Å². The maximum Gasteiger partial charge on any atom is 0.504 e. The van der Waals surface area contributed by atoms with E-state index < -0.39 is 0 Å². The molecule has 0 saturated heterocycles. The van der Waals surface area contributed by atoms with Gasteiger partial charge in [0.1, 0.15) is 5.75 Å². The lowest BCUT2D eigenvalue weighted by Crippen LogP contribution is -1.99. The second-order valence-electron chi connectivity index (χ2n) is 2.75. The van der Waals surface area contributed by atoms with E-state index in [1.165, 1.54) is 0 Å². The molecular weight excluding hydrogens is 163 g/mol. The summed E-state index contributed by atoms with van der Waals surface area (Å²) in [6.45, 7) is 0. The van der Waals surface area contributed by atoms with Crippen molar-refractivity contribution in [1.82, 2.24) is 0 Å². The Bertz CT molecular complexity index is 409. The molecule has 0 saturated carbocycles. The van der Waals surface area contributed by atoms with Crippen LogP contribution in [-0.4, -0.2) is 12.7 Å². The van der Waals surface area contributed by atoms with E-state index in [2.05, 4.69) is 0 Å². The van der Waals surface area contributed by atoms with Gasteiger partial charge in [0.15, 0.2) is 0 Å². The van der Waals surface area contributed by atoms with Crippen LogP contribution in [0.25, 0.3) is 10.8 Å². The van der Waals surface area contributed by atoms with Crippen molar-refractivity contribution in [1.29, 1.82) is 0 Å². The first-order chi connectivity index (χ1) is 6.42. The molecule has 13 heavy (non-hydrogen) atoms. The Balaban J connectivity index is 2.61. The van der Waals surface area contributed by atoms with E-state index in [1.807, 2.05) is 42.5 Å². The number of rotatable bonds is 2. The molecule has 0 aliphatic carbocycles. The fraction of sp³-hybridized carbons (Fsp3) is 0. The molecule has 2 aromatic rings. The molecule has 1 N–H and O–H groups in total. The summed E-state index contributed by atoms with van der Waals surface area (Å²) in [6.07, 6.45) is 0. The largest absolute Gasteiger partial charge is 0.538 e. The molecule has 0 heterocycles. The Hall–Kier alpha value is -1.48. The molecule has 0 amide bonds. The minimum Gasteiger partial charge on any atom is -0.538 e. The van der Waals surface area contributed by atoms with Crippen molar-refractivity contribution in [2.24, 2.45) is 0 Å². The lowest BCUT2D eigenvalue weighted by molar-refractivity contribution is 0.457. The maximum absolute atomic E-state index is 8.66. The third-order valence-electron chi connectivity index (χ3n) is 1.97. The van der Waals surface area contributed by atoms with Crippen molar-refractivity contribution in [3.8, 4) is 5.75 Å². The number of hydrogen-bond donors (Lipinski definition) is 1. The van der Waals surface area contributed by atoms with Crippen LogP contribution in [-0.2, 0) is 0 Å². The van der Waals surface area contributed by atoms with Crippen molar-refractivity contribution < 1.29 is 9.68 Å². The Labute approximate surface area is 77.1 Å². The molecule has 0 aliphatic rings. The minimum absolute atomic E-state index is 0.284. The van der Waals surface area contributed by atoms with Crippen LogP contribution in [0.15, 0.2) is 42.5 Å². The zero-order valence-electron chi connectivity index (χ0n) is 7.10. The highest BCUT2D eigenvalue weighted by Crippen LogP contribution is 2.24.